The Balaban J connectivity index is 0.000000370. The summed E-state index contributed by atoms with van der Waals surface area (Å²) in [6, 6.07) is 4.70. The van der Waals surface area contributed by atoms with Gasteiger partial charge in [-0.3, -0.25) is 14.1 Å². The van der Waals surface area contributed by atoms with Crippen LogP contribution in [0.15, 0.2) is 29.2 Å². The number of carboxylic acids is 2. The zero-order valence-corrected chi connectivity index (χ0v) is 11.4. The summed E-state index contributed by atoms with van der Waals surface area (Å²) >= 11 is 0. The Morgan fingerprint density at radius 1 is 1.20 bits per heavy atom. The van der Waals surface area contributed by atoms with E-state index in [1.165, 1.54) is 12.1 Å². The minimum absolute atomic E-state index is 0.0666. The Morgan fingerprint density at radius 2 is 1.65 bits per heavy atom. The molecule has 5 N–H and O–H groups in total. The highest BCUT2D eigenvalue weighted by Gasteiger charge is 2.14. The van der Waals surface area contributed by atoms with Crippen LogP contribution in [-0.2, 0) is 19.7 Å². The minimum Gasteiger partial charge on any atom is -0.481 e. The van der Waals surface area contributed by atoms with Crippen molar-refractivity contribution in [1.29, 1.82) is 0 Å². The first-order chi connectivity index (χ1) is 9.04. The van der Waals surface area contributed by atoms with Crippen molar-refractivity contribution in [1.82, 2.24) is 0 Å². The molecule has 1 rings (SSSR count). The van der Waals surface area contributed by atoms with Crippen molar-refractivity contribution in [3.8, 4) is 0 Å². The standard InChI is InChI=1S/C7H8O3S.C4H7NO4/c1-6-2-4-7(5-3-6)11(8,9)10;5-2(4(8)9)1-3(6)7/h2-5H,1H3,(H,8,9,10);2H,1,5H2,(H,6,7)(H,8,9)/t;2-/m.1/s1. The van der Waals surface area contributed by atoms with E-state index >= 15 is 0 Å². The van der Waals surface area contributed by atoms with Crippen molar-refractivity contribution in [3.05, 3.63) is 29.8 Å². The van der Waals surface area contributed by atoms with Crippen molar-refractivity contribution < 1.29 is 32.8 Å². The third kappa shape index (κ3) is 7.46. The molecule has 8 nitrogen and oxygen atoms in total. The molecule has 0 unspecified atom stereocenters. The molecule has 0 fully saturated rings. The van der Waals surface area contributed by atoms with Gasteiger partial charge in [0.05, 0.1) is 11.3 Å². The van der Waals surface area contributed by atoms with Gasteiger partial charge in [-0.05, 0) is 19.1 Å². The molecule has 0 spiro atoms. The predicted octanol–water partition coefficient (Wildman–Crippen LogP) is 0.115. The molecule has 0 radical (unpaired) electrons. The molecule has 0 saturated carbocycles. The Bertz CT molecular complexity index is 565. The van der Waals surface area contributed by atoms with E-state index in [0.29, 0.717) is 0 Å². The van der Waals surface area contributed by atoms with Crippen molar-refractivity contribution in [2.45, 2.75) is 24.3 Å². The van der Waals surface area contributed by atoms with Crippen molar-refractivity contribution >= 4 is 22.1 Å². The summed E-state index contributed by atoms with van der Waals surface area (Å²) in [6.45, 7) is 1.84. The Kier molecular flexibility index (Phi) is 6.83. The van der Waals surface area contributed by atoms with Gasteiger partial charge in [0.25, 0.3) is 10.1 Å². The summed E-state index contributed by atoms with van der Waals surface area (Å²) in [5.74, 6) is -2.50. The van der Waals surface area contributed by atoms with Crippen LogP contribution in [0, 0.1) is 6.92 Å². The maximum atomic E-state index is 10.5. The van der Waals surface area contributed by atoms with Gasteiger partial charge in [-0.25, -0.2) is 0 Å². The SMILES string of the molecule is Cc1ccc(S(=O)(=O)O)cc1.N[C@H](CC(=O)O)C(=O)O. The monoisotopic (exact) mass is 305 g/mol. The molecule has 1 aromatic rings. The fourth-order valence-electron chi connectivity index (χ4n) is 0.986. The summed E-state index contributed by atoms with van der Waals surface area (Å²) < 4.78 is 29.6. The maximum absolute atomic E-state index is 10.5. The molecule has 0 aliphatic carbocycles. The molecule has 1 aromatic carbocycles. The smallest absolute Gasteiger partial charge is 0.321 e. The molecule has 0 saturated heterocycles. The number of hydrogen-bond acceptors (Lipinski definition) is 5. The average molecular weight is 305 g/mol. The maximum Gasteiger partial charge on any atom is 0.321 e. The van der Waals surface area contributed by atoms with Crippen molar-refractivity contribution in [2.24, 2.45) is 5.73 Å². The van der Waals surface area contributed by atoms with Crippen molar-refractivity contribution in [2.75, 3.05) is 0 Å². The highest BCUT2D eigenvalue weighted by Crippen LogP contribution is 2.08. The van der Waals surface area contributed by atoms with Crippen LogP contribution in [0.1, 0.15) is 12.0 Å². The molecule has 0 amide bonds. The van der Waals surface area contributed by atoms with Crippen LogP contribution < -0.4 is 5.73 Å². The van der Waals surface area contributed by atoms with Crippen LogP contribution >= 0.6 is 0 Å². The molecule has 0 aromatic heterocycles. The van der Waals surface area contributed by atoms with Crippen molar-refractivity contribution in [3.63, 3.8) is 0 Å². The third-order valence-electron chi connectivity index (χ3n) is 2.03. The summed E-state index contributed by atoms with van der Waals surface area (Å²) in [7, 11) is -4.02. The normalized spacial score (nSPS) is 11.9. The molecule has 0 heterocycles. The molecule has 0 aliphatic rings. The fraction of sp³-hybridized carbons (Fsp3) is 0.273. The van der Waals surface area contributed by atoms with E-state index in [2.05, 4.69) is 0 Å². The van der Waals surface area contributed by atoms with Crippen LogP contribution in [0.2, 0.25) is 0 Å². The lowest BCUT2D eigenvalue weighted by Gasteiger charge is -1.99. The highest BCUT2D eigenvalue weighted by molar-refractivity contribution is 7.85. The van der Waals surface area contributed by atoms with Gasteiger partial charge in [-0.1, -0.05) is 17.7 Å². The molecule has 20 heavy (non-hydrogen) atoms. The zero-order chi connectivity index (χ0) is 15.9. The van der Waals surface area contributed by atoms with E-state index in [1.54, 1.807) is 12.1 Å². The molecular formula is C11H15NO7S. The van der Waals surface area contributed by atoms with E-state index in [1.807, 2.05) is 6.92 Å². The van der Waals surface area contributed by atoms with E-state index in [4.69, 9.17) is 20.5 Å². The topological polar surface area (TPSA) is 155 Å². The van der Waals surface area contributed by atoms with Gasteiger partial charge < -0.3 is 15.9 Å². The number of carbonyl (C=O) groups is 2. The second kappa shape index (κ2) is 7.58. The second-order valence-electron chi connectivity index (χ2n) is 3.83. The molecular weight excluding hydrogens is 290 g/mol. The lowest BCUT2D eigenvalue weighted by atomic mass is 10.2. The average Bonchev–Trinajstić information content (AvgIpc) is 2.28. The summed E-state index contributed by atoms with van der Waals surface area (Å²) in [5.41, 5.74) is 5.79. The van der Waals surface area contributed by atoms with Gasteiger partial charge in [-0.15, -0.1) is 0 Å². The van der Waals surface area contributed by atoms with E-state index in [9.17, 15) is 18.0 Å². The quantitative estimate of drug-likeness (QED) is 0.571. The van der Waals surface area contributed by atoms with E-state index in [-0.39, 0.29) is 4.90 Å². The Hall–Kier alpha value is -1.97. The number of nitrogens with two attached hydrogens (primary N) is 1. The van der Waals surface area contributed by atoms with E-state index < -0.39 is 34.5 Å². The van der Waals surface area contributed by atoms with Gasteiger partial charge >= 0.3 is 11.9 Å². The number of hydrogen-bond donors (Lipinski definition) is 4. The fourth-order valence-corrected chi connectivity index (χ4v) is 1.47. The number of rotatable bonds is 4. The van der Waals surface area contributed by atoms with Crippen LogP contribution in [0.3, 0.4) is 0 Å². The zero-order valence-electron chi connectivity index (χ0n) is 10.6. The van der Waals surface area contributed by atoms with E-state index in [0.717, 1.165) is 5.56 Å². The third-order valence-corrected chi connectivity index (χ3v) is 2.90. The molecule has 9 heteroatoms. The lowest BCUT2D eigenvalue weighted by Crippen LogP contribution is -2.32. The molecule has 112 valence electrons. The highest BCUT2D eigenvalue weighted by atomic mass is 32.2. The molecule has 0 aliphatic heterocycles. The summed E-state index contributed by atoms with van der Waals surface area (Å²) in [4.78, 5) is 19.6. The van der Waals surface area contributed by atoms with Gasteiger partial charge in [-0.2, -0.15) is 8.42 Å². The predicted molar refractivity (Wildman–Crippen MR) is 68.9 cm³/mol. The number of aryl methyl sites for hydroxylation is 1. The van der Waals surface area contributed by atoms with Crippen LogP contribution in [-0.4, -0.2) is 41.2 Å². The lowest BCUT2D eigenvalue weighted by molar-refractivity contribution is -0.144. The van der Waals surface area contributed by atoms with Gasteiger partial charge in [0.1, 0.15) is 6.04 Å². The largest absolute Gasteiger partial charge is 0.481 e. The first kappa shape index (κ1) is 18.0. The molecule has 1 atom stereocenters. The Labute approximate surface area is 115 Å². The van der Waals surface area contributed by atoms with Gasteiger partial charge in [0.15, 0.2) is 0 Å². The number of aliphatic carboxylic acids is 2. The number of benzene rings is 1. The van der Waals surface area contributed by atoms with Gasteiger partial charge in [0, 0.05) is 0 Å². The van der Waals surface area contributed by atoms with Gasteiger partial charge in [0.2, 0.25) is 0 Å². The van der Waals surface area contributed by atoms with Crippen LogP contribution in [0.25, 0.3) is 0 Å². The minimum atomic E-state index is -4.02. The second-order valence-corrected chi connectivity index (χ2v) is 5.25. The summed E-state index contributed by atoms with van der Waals surface area (Å²) in [5, 5.41) is 16.0. The number of carboxylic acid groups (broad SMARTS) is 2. The van der Waals surface area contributed by atoms with Crippen LogP contribution in [0.5, 0.6) is 0 Å². The molecule has 0 bridgehead atoms. The summed E-state index contributed by atoms with van der Waals surface area (Å²) in [6.07, 6.45) is -0.532. The van der Waals surface area contributed by atoms with Crippen LogP contribution in [0.4, 0.5) is 0 Å². The first-order valence-corrected chi connectivity index (χ1v) is 6.72. The first-order valence-electron chi connectivity index (χ1n) is 5.28. The Morgan fingerprint density at radius 3 is 1.90 bits per heavy atom.